The third kappa shape index (κ3) is 3.99. The van der Waals surface area contributed by atoms with Gasteiger partial charge in [0, 0.05) is 19.6 Å². The summed E-state index contributed by atoms with van der Waals surface area (Å²) >= 11 is 0. The average Bonchev–Trinajstić information content (AvgIpc) is 2.21. The molecule has 1 aliphatic rings. The van der Waals surface area contributed by atoms with Crippen LogP contribution in [0.4, 0.5) is 4.79 Å². The Labute approximate surface area is 106 Å². The fraction of sp³-hybridized carbons (Fsp3) is 0.727. The highest BCUT2D eigenvalue weighted by Gasteiger charge is 2.34. The lowest BCUT2D eigenvalue weighted by atomic mass is 9.94. The number of carboxylic acid groups (broad SMARTS) is 1. The van der Waals surface area contributed by atoms with Gasteiger partial charge in [0.15, 0.2) is 0 Å². The van der Waals surface area contributed by atoms with Crippen LogP contribution in [0.15, 0.2) is 0 Å². The highest BCUT2D eigenvalue weighted by molar-refractivity contribution is 5.96. The van der Waals surface area contributed by atoms with Crippen LogP contribution in [0.5, 0.6) is 0 Å². The molecule has 1 heterocycles. The van der Waals surface area contributed by atoms with E-state index in [1.807, 2.05) is 4.90 Å². The van der Waals surface area contributed by atoms with Crippen LogP contribution in [0, 0.1) is 5.92 Å². The molecule has 18 heavy (non-hydrogen) atoms. The van der Waals surface area contributed by atoms with Crippen molar-refractivity contribution in [1.82, 2.24) is 15.5 Å². The van der Waals surface area contributed by atoms with E-state index in [-0.39, 0.29) is 18.2 Å². The maximum absolute atomic E-state index is 11.7. The molecule has 0 aromatic carbocycles. The van der Waals surface area contributed by atoms with Crippen LogP contribution in [0.2, 0.25) is 0 Å². The number of rotatable bonds is 5. The van der Waals surface area contributed by atoms with Crippen LogP contribution in [0.25, 0.3) is 0 Å². The summed E-state index contributed by atoms with van der Waals surface area (Å²) in [5.74, 6) is -1.09. The van der Waals surface area contributed by atoms with Crippen LogP contribution < -0.4 is 10.6 Å². The lowest BCUT2D eigenvalue weighted by Gasteiger charge is -2.41. The molecule has 1 atom stereocenters. The number of carbonyl (C=O) groups is 3. The Bertz CT molecular complexity index is 339. The number of aliphatic carboxylic acids is 1. The van der Waals surface area contributed by atoms with Crippen molar-refractivity contribution in [2.24, 2.45) is 5.92 Å². The van der Waals surface area contributed by atoms with Gasteiger partial charge in [0.05, 0.1) is 12.5 Å². The Morgan fingerprint density at radius 2 is 2.00 bits per heavy atom. The molecule has 1 saturated heterocycles. The molecule has 0 aliphatic carbocycles. The van der Waals surface area contributed by atoms with E-state index in [4.69, 9.17) is 5.11 Å². The molecule has 0 saturated carbocycles. The number of carboxylic acids is 1. The molecule has 0 radical (unpaired) electrons. The Kier molecular flexibility index (Phi) is 5.08. The molecule has 0 aromatic rings. The van der Waals surface area contributed by atoms with Crippen molar-refractivity contribution in [1.29, 1.82) is 0 Å². The van der Waals surface area contributed by atoms with Crippen molar-refractivity contribution in [3.63, 3.8) is 0 Å². The minimum Gasteiger partial charge on any atom is -0.481 e. The van der Waals surface area contributed by atoms with Gasteiger partial charge in [-0.1, -0.05) is 0 Å². The number of carbonyl (C=O) groups excluding carboxylic acids is 2. The van der Waals surface area contributed by atoms with Gasteiger partial charge < -0.3 is 10.4 Å². The second kappa shape index (κ2) is 6.34. The van der Waals surface area contributed by atoms with Crippen molar-refractivity contribution in [2.75, 3.05) is 19.6 Å². The maximum Gasteiger partial charge on any atom is 0.321 e. The van der Waals surface area contributed by atoms with Gasteiger partial charge in [0.2, 0.25) is 5.91 Å². The summed E-state index contributed by atoms with van der Waals surface area (Å²) in [5.41, 5.74) is 0. The second-order valence-corrected chi connectivity index (χ2v) is 4.44. The lowest BCUT2D eigenvalue weighted by Crippen LogP contribution is -2.57. The minimum atomic E-state index is -0.820. The first-order chi connectivity index (χ1) is 8.43. The van der Waals surface area contributed by atoms with Gasteiger partial charge in [-0.15, -0.1) is 0 Å². The van der Waals surface area contributed by atoms with Crippen LogP contribution in [0.1, 0.15) is 20.3 Å². The molecule has 7 nitrogen and oxygen atoms in total. The Hall–Kier alpha value is -1.63. The number of hydrogen-bond donors (Lipinski definition) is 3. The largest absolute Gasteiger partial charge is 0.481 e. The van der Waals surface area contributed by atoms with Crippen molar-refractivity contribution in [2.45, 2.75) is 26.3 Å². The first-order valence-electron chi connectivity index (χ1n) is 5.98. The molecule has 3 amide bonds. The van der Waals surface area contributed by atoms with Crippen LogP contribution in [-0.2, 0) is 9.59 Å². The van der Waals surface area contributed by atoms with Gasteiger partial charge in [-0.05, 0) is 19.8 Å². The summed E-state index contributed by atoms with van der Waals surface area (Å²) < 4.78 is 0. The Morgan fingerprint density at radius 1 is 1.39 bits per heavy atom. The minimum absolute atomic E-state index is 0.0993. The van der Waals surface area contributed by atoms with E-state index in [0.29, 0.717) is 19.6 Å². The zero-order valence-electron chi connectivity index (χ0n) is 10.6. The van der Waals surface area contributed by atoms with Crippen LogP contribution in [-0.4, -0.2) is 53.6 Å². The van der Waals surface area contributed by atoms with E-state index in [9.17, 15) is 14.4 Å². The number of nitrogens with one attached hydrogen (secondary N) is 2. The van der Waals surface area contributed by atoms with E-state index in [1.54, 1.807) is 13.8 Å². The van der Waals surface area contributed by atoms with Crippen molar-refractivity contribution in [3.05, 3.63) is 0 Å². The van der Waals surface area contributed by atoms with Crippen molar-refractivity contribution < 1.29 is 19.5 Å². The predicted octanol–water partition coefficient (Wildman–Crippen LogP) is -0.373. The lowest BCUT2D eigenvalue weighted by molar-refractivity contribution is -0.140. The highest BCUT2D eigenvalue weighted by atomic mass is 16.4. The molecule has 0 spiro atoms. The van der Waals surface area contributed by atoms with Gasteiger partial charge >= 0.3 is 12.0 Å². The SMILES string of the molecule is CCNC(=O)NC(=O)C(C)N1CC(CC(=O)O)C1. The molecule has 7 heteroatoms. The zero-order chi connectivity index (χ0) is 13.7. The topological polar surface area (TPSA) is 98.7 Å². The standard InChI is InChI=1S/C11H19N3O4/c1-3-12-11(18)13-10(17)7(2)14-5-8(6-14)4-9(15)16/h7-8H,3-6H2,1-2H3,(H,15,16)(H2,12,13,17,18). The molecule has 1 unspecified atom stereocenters. The predicted molar refractivity (Wildman–Crippen MR) is 64.0 cm³/mol. The van der Waals surface area contributed by atoms with E-state index >= 15 is 0 Å². The number of nitrogens with zero attached hydrogens (tertiary/aromatic N) is 1. The molecule has 1 fully saturated rings. The first-order valence-corrected chi connectivity index (χ1v) is 5.98. The fourth-order valence-electron chi connectivity index (χ4n) is 1.89. The van der Waals surface area contributed by atoms with Gasteiger partial charge in [0.25, 0.3) is 0 Å². The quantitative estimate of drug-likeness (QED) is 0.624. The fourth-order valence-corrected chi connectivity index (χ4v) is 1.89. The van der Waals surface area contributed by atoms with Gasteiger partial charge in [0.1, 0.15) is 0 Å². The normalized spacial score (nSPS) is 17.7. The molecular formula is C11H19N3O4. The number of hydrogen-bond acceptors (Lipinski definition) is 4. The van der Waals surface area contributed by atoms with Gasteiger partial charge in [-0.2, -0.15) is 0 Å². The second-order valence-electron chi connectivity index (χ2n) is 4.44. The molecule has 1 rings (SSSR count). The van der Waals surface area contributed by atoms with Crippen molar-refractivity contribution >= 4 is 17.9 Å². The summed E-state index contributed by atoms with van der Waals surface area (Å²) in [5, 5.41) is 13.3. The molecule has 0 aromatic heterocycles. The first kappa shape index (κ1) is 14.4. The van der Waals surface area contributed by atoms with Gasteiger partial charge in [-0.25, -0.2) is 4.79 Å². The smallest absolute Gasteiger partial charge is 0.321 e. The number of imide groups is 1. The number of likely N-dealkylation sites (tertiary alicyclic amines) is 1. The van der Waals surface area contributed by atoms with Gasteiger partial charge in [-0.3, -0.25) is 19.8 Å². The van der Waals surface area contributed by atoms with E-state index in [1.165, 1.54) is 0 Å². The van der Waals surface area contributed by atoms with E-state index in [0.717, 1.165) is 0 Å². The summed E-state index contributed by atoms with van der Waals surface area (Å²) in [6.45, 7) is 5.08. The molecule has 0 bridgehead atoms. The van der Waals surface area contributed by atoms with Crippen molar-refractivity contribution in [3.8, 4) is 0 Å². The molecule has 102 valence electrons. The average molecular weight is 257 g/mol. The Balaban J connectivity index is 2.29. The molecule has 3 N–H and O–H groups in total. The summed E-state index contributed by atoms with van der Waals surface area (Å²) in [6, 6.07) is -0.922. The summed E-state index contributed by atoms with van der Waals surface area (Å²) in [6.07, 6.45) is 0.126. The third-order valence-electron chi connectivity index (χ3n) is 2.95. The number of amides is 3. The third-order valence-corrected chi connectivity index (χ3v) is 2.95. The zero-order valence-corrected chi connectivity index (χ0v) is 10.6. The highest BCUT2D eigenvalue weighted by Crippen LogP contribution is 2.21. The van der Waals surface area contributed by atoms with Crippen LogP contribution in [0.3, 0.4) is 0 Å². The monoisotopic (exact) mass is 257 g/mol. The van der Waals surface area contributed by atoms with E-state index in [2.05, 4.69) is 10.6 Å². The summed E-state index contributed by atoms with van der Waals surface area (Å²) in [7, 11) is 0. The molecular weight excluding hydrogens is 238 g/mol. The molecule has 1 aliphatic heterocycles. The van der Waals surface area contributed by atoms with E-state index < -0.39 is 18.0 Å². The Morgan fingerprint density at radius 3 is 2.50 bits per heavy atom. The van der Waals surface area contributed by atoms with Crippen LogP contribution >= 0.6 is 0 Å². The number of urea groups is 1. The maximum atomic E-state index is 11.7. The summed E-state index contributed by atoms with van der Waals surface area (Å²) in [4.78, 5) is 35.1.